The number of rotatable bonds is 4. The molecule has 6 nitrogen and oxygen atoms in total. The van der Waals surface area contributed by atoms with Crippen LogP contribution in [0.3, 0.4) is 0 Å². The lowest BCUT2D eigenvalue weighted by molar-refractivity contribution is 0.569. The molecule has 0 aliphatic rings. The van der Waals surface area contributed by atoms with Crippen molar-refractivity contribution in [1.29, 1.82) is 0 Å². The van der Waals surface area contributed by atoms with Gasteiger partial charge in [0.2, 0.25) is 0 Å². The molecule has 0 saturated carbocycles. The topological polar surface area (TPSA) is 87.7 Å². The molecule has 2 aromatic rings. The number of aromatic nitrogens is 3. The first kappa shape index (κ1) is 12.2. The number of nitrogens with one attached hydrogen (secondary N) is 2. The number of sulfonamides is 1. The van der Waals surface area contributed by atoms with Gasteiger partial charge in [-0.1, -0.05) is 0 Å². The lowest BCUT2D eigenvalue weighted by Gasteiger charge is -2.10. The predicted octanol–water partition coefficient (Wildman–Crippen LogP) is 1.21. The van der Waals surface area contributed by atoms with E-state index >= 15 is 0 Å². The lowest BCUT2D eigenvalue weighted by Crippen LogP contribution is -2.26. The molecule has 1 unspecified atom stereocenters. The molecule has 2 aromatic heterocycles. The third-order valence-corrected chi connectivity index (χ3v) is 5.13. The van der Waals surface area contributed by atoms with Crippen molar-refractivity contribution in [2.24, 2.45) is 0 Å². The minimum atomic E-state index is -3.50. The Hall–Kier alpha value is -1.25. The van der Waals surface area contributed by atoms with Gasteiger partial charge in [-0.15, -0.1) is 11.3 Å². The van der Waals surface area contributed by atoms with E-state index in [2.05, 4.69) is 19.9 Å². The maximum atomic E-state index is 12.0. The van der Waals surface area contributed by atoms with E-state index in [0.29, 0.717) is 0 Å². The van der Waals surface area contributed by atoms with E-state index in [0.717, 1.165) is 21.9 Å². The van der Waals surface area contributed by atoms with Crippen LogP contribution in [-0.2, 0) is 10.0 Å². The SMILES string of the molecule is Cc1ncc(S(=O)(=O)NC(C)c2cn[nH]c2)s1. The molecule has 0 spiro atoms. The molecule has 17 heavy (non-hydrogen) atoms. The molecular weight excluding hydrogens is 260 g/mol. The highest BCUT2D eigenvalue weighted by molar-refractivity contribution is 7.91. The third kappa shape index (κ3) is 2.71. The van der Waals surface area contributed by atoms with Gasteiger partial charge in [-0.3, -0.25) is 5.10 Å². The number of nitrogens with zero attached hydrogens (tertiary/aromatic N) is 2. The van der Waals surface area contributed by atoms with Crippen LogP contribution in [0.4, 0.5) is 0 Å². The van der Waals surface area contributed by atoms with Gasteiger partial charge in [-0.2, -0.15) is 5.10 Å². The van der Waals surface area contributed by atoms with Crippen LogP contribution in [0.1, 0.15) is 23.5 Å². The second-order valence-electron chi connectivity index (χ2n) is 3.57. The minimum absolute atomic E-state index is 0.227. The average molecular weight is 272 g/mol. The summed E-state index contributed by atoms with van der Waals surface area (Å²) in [4.78, 5) is 3.93. The zero-order valence-electron chi connectivity index (χ0n) is 9.34. The molecule has 0 aliphatic carbocycles. The van der Waals surface area contributed by atoms with Crippen molar-refractivity contribution < 1.29 is 8.42 Å². The quantitative estimate of drug-likeness (QED) is 0.875. The van der Waals surface area contributed by atoms with Crippen LogP contribution in [-0.4, -0.2) is 23.6 Å². The molecule has 0 bridgehead atoms. The van der Waals surface area contributed by atoms with Crippen molar-refractivity contribution >= 4 is 21.4 Å². The molecule has 0 amide bonds. The normalized spacial score (nSPS) is 13.8. The van der Waals surface area contributed by atoms with Gasteiger partial charge in [0.25, 0.3) is 10.0 Å². The lowest BCUT2D eigenvalue weighted by atomic mass is 10.2. The summed E-state index contributed by atoms with van der Waals surface area (Å²) in [6, 6.07) is -0.332. The highest BCUT2D eigenvalue weighted by Gasteiger charge is 2.20. The average Bonchev–Trinajstić information content (AvgIpc) is 2.86. The van der Waals surface area contributed by atoms with Crippen LogP contribution in [0.25, 0.3) is 0 Å². The highest BCUT2D eigenvalue weighted by atomic mass is 32.2. The summed E-state index contributed by atoms with van der Waals surface area (Å²) in [6.07, 6.45) is 4.61. The van der Waals surface area contributed by atoms with Crippen LogP contribution in [0.5, 0.6) is 0 Å². The summed E-state index contributed by atoms with van der Waals surface area (Å²) in [5.41, 5.74) is 0.787. The van der Waals surface area contributed by atoms with E-state index in [-0.39, 0.29) is 10.3 Å². The molecule has 92 valence electrons. The van der Waals surface area contributed by atoms with E-state index in [1.165, 1.54) is 6.20 Å². The Morgan fingerprint density at radius 3 is 2.76 bits per heavy atom. The largest absolute Gasteiger partial charge is 0.285 e. The summed E-state index contributed by atoms with van der Waals surface area (Å²) >= 11 is 1.15. The van der Waals surface area contributed by atoms with E-state index < -0.39 is 10.0 Å². The van der Waals surface area contributed by atoms with Crippen LogP contribution in [0, 0.1) is 6.92 Å². The number of H-pyrrole nitrogens is 1. The third-order valence-electron chi connectivity index (χ3n) is 2.22. The van der Waals surface area contributed by atoms with Gasteiger partial charge < -0.3 is 0 Å². The summed E-state index contributed by atoms with van der Waals surface area (Å²) in [6.45, 7) is 3.53. The number of aryl methyl sites for hydroxylation is 1. The molecule has 0 aromatic carbocycles. The molecule has 0 saturated heterocycles. The Balaban J connectivity index is 2.18. The van der Waals surface area contributed by atoms with Crippen molar-refractivity contribution in [1.82, 2.24) is 19.9 Å². The number of thiazole rings is 1. The first-order chi connectivity index (χ1) is 7.99. The fraction of sp³-hybridized carbons (Fsp3) is 0.333. The molecule has 2 N–H and O–H groups in total. The van der Waals surface area contributed by atoms with Crippen LogP contribution >= 0.6 is 11.3 Å². The van der Waals surface area contributed by atoms with Gasteiger partial charge in [0.05, 0.1) is 17.4 Å². The van der Waals surface area contributed by atoms with Crippen molar-refractivity contribution in [2.45, 2.75) is 24.1 Å². The van der Waals surface area contributed by atoms with Gasteiger partial charge in [0.1, 0.15) is 0 Å². The summed E-state index contributed by atoms with van der Waals surface area (Å²) < 4.78 is 26.8. The van der Waals surface area contributed by atoms with Crippen molar-refractivity contribution in [3.05, 3.63) is 29.2 Å². The van der Waals surface area contributed by atoms with Crippen LogP contribution < -0.4 is 4.72 Å². The number of aromatic amines is 1. The molecule has 2 heterocycles. The van der Waals surface area contributed by atoms with Crippen LogP contribution in [0.15, 0.2) is 22.8 Å². The predicted molar refractivity (Wildman–Crippen MR) is 64.2 cm³/mol. The summed E-state index contributed by atoms with van der Waals surface area (Å²) in [5.74, 6) is 0. The van der Waals surface area contributed by atoms with Crippen LogP contribution in [0.2, 0.25) is 0 Å². The first-order valence-corrected chi connectivity index (χ1v) is 7.22. The Labute approximate surface area is 103 Å². The van der Waals surface area contributed by atoms with E-state index in [4.69, 9.17) is 0 Å². The van der Waals surface area contributed by atoms with E-state index in [1.54, 1.807) is 26.2 Å². The van der Waals surface area contributed by atoms with Gasteiger partial charge >= 0.3 is 0 Å². The Morgan fingerprint density at radius 2 is 2.24 bits per heavy atom. The maximum absolute atomic E-state index is 12.0. The molecule has 0 aliphatic heterocycles. The fourth-order valence-electron chi connectivity index (χ4n) is 1.32. The van der Waals surface area contributed by atoms with Crippen molar-refractivity contribution in [2.75, 3.05) is 0 Å². The monoisotopic (exact) mass is 272 g/mol. The van der Waals surface area contributed by atoms with E-state index in [9.17, 15) is 8.42 Å². The Morgan fingerprint density at radius 1 is 1.47 bits per heavy atom. The molecule has 1 atom stereocenters. The first-order valence-electron chi connectivity index (χ1n) is 4.92. The minimum Gasteiger partial charge on any atom is -0.285 e. The van der Waals surface area contributed by atoms with Crippen molar-refractivity contribution in [3.63, 3.8) is 0 Å². The highest BCUT2D eigenvalue weighted by Crippen LogP contribution is 2.20. The zero-order chi connectivity index (χ0) is 12.5. The Kier molecular flexibility index (Phi) is 3.27. The summed E-state index contributed by atoms with van der Waals surface area (Å²) in [5, 5.41) is 7.15. The number of hydrogen-bond donors (Lipinski definition) is 2. The second-order valence-corrected chi connectivity index (χ2v) is 6.75. The molecule has 0 fully saturated rings. The van der Waals surface area contributed by atoms with Gasteiger partial charge in [-0.05, 0) is 13.8 Å². The smallest absolute Gasteiger partial charge is 0.252 e. The van der Waals surface area contributed by atoms with Gasteiger partial charge in [0, 0.05) is 17.8 Å². The number of hydrogen-bond acceptors (Lipinski definition) is 5. The molecule has 0 radical (unpaired) electrons. The zero-order valence-corrected chi connectivity index (χ0v) is 11.0. The Bertz CT molecular complexity index is 588. The standard InChI is InChI=1S/C9H12N4O2S2/c1-6(8-3-11-12-4-8)13-17(14,15)9-5-10-7(2)16-9/h3-6,13H,1-2H3,(H,11,12). The molecule has 8 heteroatoms. The van der Waals surface area contributed by atoms with Gasteiger partial charge in [-0.25, -0.2) is 18.1 Å². The van der Waals surface area contributed by atoms with Crippen molar-refractivity contribution in [3.8, 4) is 0 Å². The molecule has 2 rings (SSSR count). The maximum Gasteiger partial charge on any atom is 0.252 e. The van der Waals surface area contributed by atoms with E-state index in [1.807, 2.05) is 0 Å². The fourth-order valence-corrected chi connectivity index (χ4v) is 3.68. The molecular formula is C9H12N4O2S2. The van der Waals surface area contributed by atoms with Gasteiger partial charge in [0.15, 0.2) is 4.21 Å². The second kappa shape index (κ2) is 4.55. The summed E-state index contributed by atoms with van der Waals surface area (Å²) in [7, 11) is -3.50.